The highest BCUT2D eigenvalue weighted by Crippen LogP contribution is 2.12. The topological polar surface area (TPSA) is 64.3 Å². The van der Waals surface area contributed by atoms with Gasteiger partial charge in [-0.25, -0.2) is 0 Å². The highest BCUT2D eigenvalue weighted by molar-refractivity contribution is 5.82. The maximum Gasteiger partial charge on any atom is 0.241 e. The van der Waals surface area contributed by atoms with Crippen LogP contribution in [0.5, 0.6) is 5.75 Å². The lowest BCUT2D eigenvalue weighted by Crippen LogP contribution is -2.35. The zero-order valence-electron chi connectivity index (χ0n) is 13.7. The van der Waals surface area contributed by atoms with Gasteiger partial charge in [0.1, 0.15) is 11.8 Å². The van der Waals surface area contributed by atoms with Gasteiger partial charge in [-0.1, -0.05) is 47.5 Å². The molecule has 0 fully saturated rings. The van der Waals surface area contributed by atoms with Crippen molar-refractivity contribution in [3.8, 4) is 5.75 Å². The maximum absolute atomic E-state index is 12.0. The van der Waals surface area contributed by atoms with Gasteiger partial charge in [-0.05, 0) is 38.0 Å². The van der Waals surface area contributed by atoms with Gasteiger partial charge in [0, 0.05) is 6.54 Å². The molecule has 1 unspecified atom stereocenters. The van der Waals surface area contributed by atoms with E-state index in [1.54, 1.807) is 0 Å². The fraction of sp³-hybridized carbons (Fsp3) is 0.316. The van der Waals surface area contributed by atoms with Gasteiger partial charge < -0.3 is 15.8 Å². The number of amides is 1. The van der Waals surface area contributed by atoms with Crippen LogP contribution < -0.4 is 15.8 Å². The molecule has 23 heavy (non-hydrogen) atoms. The van der Waals surface area contributed by atoms with Crippen LogP contribution >= 0.6 is 0 Å². The van der Waals surface area contributed by atoms with Gasteiger partial charge >= 0.3 is 0 Å². The molecule has 0 saturated carbocycles. The molecular weight excluding hydrogens is 288 g/mol. The molecule has 0 aliphatic heterocycles. The summed E-state index contributed by atoms with van der Waals surface area (Å²) in [6, 6.07) is 15.0. The average molecular weight is 312 g/mol. The van der Waals surface area contributed by atoms with Crippen LogP contribution in [-0.4, -0.2) is 19.1 Å². The van der Waals surface area contributed by atoms with Gasteiger partial charge in [0.25, 0.3) is 0 Å². The summed E-state index contributed by atoms with van der Waals surface area (Å²) in [5, 5.41) is 2.85. The largest absolute Gasteiger partial charge is 0.494 e. The average Bonchev–Trinajstić information content (AvgIpc) is 2.56. The van der Waals surface area contributed by atoms with Crippen molar-refractivity contribution in [2.24, 2.45) is 5.73 Å². The smallest absolute Gasteiger partial charge is 0.241 e. The monoisotopic (exact) mass is 312 g/mol. The maximum atomic E-state index is 12.0. The lowest BCUT2D eigenvalue weighted by Gasteiger charge is -2.13. The number of nitrogens with two attached hydrogens (primary N) is 1. The Morgan fingerprint density at radius 2 is 1.61 bits per heavy atom. The number of hydrogen-bond donors (Lipinski definition) is 2. The molecule has 4 nitrogen and oxygen atoms in total. The summed E-state index contributed by atoms with van der Waals surface area (Å²) < 4.78 is 5.62. The molecule has 0 saturated heterocycles. The third-order valence-electron chi connectivity index (χ3n) is 3.63. The van der Waals surface area contributed by atoms with Crippen molar-refractivity contribution in [1.82, 2.24) is 5.32 Å². The van der Waals surface area contributed by atoms with E-state index in [2.05, 4.69) is 5.32 Å². The minimum atomic E-state index is -0.631. The number of hydrogen-bond acceptors (Lipinski definition) is 3. The summed E-state index contributed by atoms with van der Waals surface area (Å²) in [6.07, 6.45) is 0.736. The molecular formula is C19H24N2O2. The van der Waals surface area contributed by atoms with Crippen LogP contribution in [0.15, 0.2) is 48.5 Å². The molecule has 1 amide bonds. The zero-order valence-corrected chi connectivity index (χ0v) is 13.7. The third kappa shape index (κ3) is 5.42. The predicted octanol–water partition coefficient (Wildman–Crippen LogP) is 2.89. The SMILES string of the molecule is Cc1ccc(OCCCNC(=O)C(N)c2ccc(C)cc2)cc1. The Morgan fingerprint density at radius 1 is 1.04 bits per heavy atom. The van der Waals surface area contributed by atoms with E-state index in [4.69, 9.17) is 10.5 Å². The van der Waals surface area contributed by atoms with Crippen LogP contribution in [-0.2, 0) is 4.79 Å². The fourth-order valence-corrected chi connectivity index (χ4v) is 2.14. The summed E-state index contributed by atoms with van der Waals surface area (Å²) in [4.78, 5) is 12.0. The minimum Gasteiger partial charge on any atom is -0.494 e. The summed E-state index contributed by atoms with van der Waals surface area (Å²) in [5.74, 6) is 0.683. The molecule has 0 aliphatic rings. The lowest BCUT2D eigenvalue weighted by molar-refractivity contribution is -0.122. The van der Waals surface area contributed by atoms with E-state index in [0.29, 0.717) is 13.2 Å². The Morgan fingerprint density at radius 3 is 2.22 bits per heavy atom. The quantitative estimate of drug-likeness (QED) is 0.773. The van der Waals surface area contributed by atoms with E-state index in [-0.39, 0.29) is 5.91 Å². The number of nitrogens with one attached hydrogen (secondary N) is 1. The first-order valence-corrected chi connectivity index (χ1v) is 7.85. The molecule has 122 valence electrons. The second-order valence-corrected chi connectivity index (χ2v) is 5.69. The van der Waals surface area contributed by atoms with Crippen LogP contribution in [0.25, 0.3) is 0 Å². The normalized spacial score (nSPS) is 11.8. The molecule has 0 spiro atoms. The van der Waals surface area contributed by atoms with Crippen molar-refractivity contribution in [2.45, 2.75) is 26.3 Å². The van der Waals surface area contributed by atoms with Crippen LogP contribution in [0.3, 0.4) is 0 Å². The minimum absolute atomic E-state index is 0.163. The van der Waals surface area contributed by atoms with E-state index in [1.807, 2.05) is 62.4 Å². The number of rotatable bonds is 7. The molecule has 2 rings (SSSR count). The first-order valence-electron chi connectivity index (χ1n) is 7.85. The van der Waals surface area contributed by atoms with Gasteiger partial charge in [0.15, 0.2) is 0 Å². The van der Waals surface area contributed by atoms with Gasteiger partial charge in [0.2, 0.25) is 5.91 Å². The zero-order chi connectivity index (χ0) is 16.7. The molecule has 0 bridgehead atoms. The van der Waals surface area contributed by atoms with Crippen LogP contribution in [0.2, 0.25) is 0 Å². The van der Waals surface area contributed by atoms with Gasteiger partial charge in [-0.2, -0.15) is 0 Å². The Labute approximate surface area is 137 Å². The summed E-state index contributed by atoms with van der Waals surface area (Å²) >= 11 is 0. The van der Waals surface area contributed by atoms with Crippen molar-refractivity contribution < 1.29 is 9.53 Å². The van der Waals surface area contributed by atoms with Crippen LogP contribution in [0.4, 0.5) is 0 Å². The molecule has 4 heteroatoms. The molecule has 2 aromatic rings. The van der Waals surface area contributed by atoms with Crippen LogP contribution in [0, 0.1) is 13.8 Å². The molecule has 1 atom stereocenters. The number of carbonyl (C=O) groups is 1. The van der Waals surface area contributed by atoms with Crippen molar-refractivity contribution in [2.75, 3.05) is 13.2 Å². The Hall–Kier alpha value is -2.33. The van der Waals surface area contributed by atoms with Gasteiger partial charge in [-0.3, -0.25) is 4.79 Å². The van der Waals surface area contributed by atoms with E-state index >= 15 is 0 Å². The predicted molar refractivity (Wildman–Crippen MR) is 92.4 cm³/mol. The van der Waals surface area contributed by atoms with Crippen molar-refractivity contribution in [3.63, 3.8) is 0 Å². The second-order valence-electron chi connectivity index (χ2n) is 5.69. The Balaban J connectivity index is 1.68. The van der Waals surface area contributed by atoms with Gasteiger partial charge in [-0.15, -0.1) is 0 Å². The lowest BCUT2D eigenvalue weighted by atomic mass is 10.1. The van der Waals surface area contributed by atoms with E-state index in [1.165, 1.54) is 5.56 Å². The Kier molecular flexibility index (Phi) is 6.18. The van der Waals surface area contributed by atoms with Crippen molar-refractivity contribution in [1.29, 1.82) is 0 Å². The second kappa shape index (κ2) is 8.34. The highest BCUT2D eigenvalue weighted by atomic mass is 16.5. The molecule has 3 N–H and O–H groups in total. The first kappa shape index (κ1) is 17.0. The number of ether oxygens (including phenoxy) is 1. The van der Waals surface area contributed by atoms with Gasteiger partial charge in [0.05, 0.1) is 6.61 Å². The van der Waals surface area contributed by atoms with Crippen molar-refractivity contribution >= 4 is 5.91 Å². The standard InChI is InChI=1S/C19H24N2O2/c1-14-4-8-16(9-5-14)18(20)19(22)21-12-3-13-23-17-10-6-15(2)7-11-17/h4-11,18H,3,12-13,20H2,1-2H3,(H,21,22). The van der Waals surface area contributed by atoms with E-state index < -0.39 is 6.04 Å². The summed E-state index contributed by atoms with van der Waals surface area (Å²) in [5.41, 5.74) is 9.14. The molecule has 0 aliphatic carbocycles. The molecule has 0 aromatic heterocycles. The number of aryl methyl sites for hydroxylation is 2. The third-order valence-corrected chi connectivity index (χ3v) is 3.63. The van der Waals surface area contributed by atoms with Crippen LogP contribution in [0.1, 0.15) is 29.2 Å². The highest BCUT2D eigenvalue weighted by Gasteiger charge is 2.14. The van der Waals surface area contributed by atoms with E-state index in [9.17, 15) is 4.79 Å². The summed E-state index contributed by atoms with van der Waals surface area (Å²) in [6.45, 7) is 5.15. The summed E-state index contributed by atoms with van der Waals surface area (Å²) in [7, 11) is 0. The fourth-order valence-electron chi connectivity index (χ4n) is 2.14. The molecule has 0 radical (unpaired) electrons. The van der Waals surface area contributed by atoms with Crippen molar-refractivity contribution in [3.05, 3.63) is 65.2 Å². The molecule has 0 heterocycles. The Bertz CT molecular complexity index is 621. The number of benzene rings is 2. The number of carbonyl (C=O) groups excluding carboxylic acids is 1. The molecule has 2 aromatic carbocycles. The van der Waals surface area contributed by atoms with E-state index in [0.717, 1.165) is 23.3 Å². The first-order chi connectivity index (χ1) is 11.1.